The SMILES string of the molecule is O=C(O)c1csc(-c2cc(Cl)ccc2OCc2cccc(Cl)c2)n1. The summed E-state index contributed by atoms with van der Waals surface area (Å²) in [7, 11) is 0. The van der Waals surface area contributed by atoms with E-state index in [-0.39, 0.29) is 5.69 Å². The third kappa shape index (κ3) is 3.87. The number of rotatable bonds is 5. The molecule has 122 valence electrons. The Hall–Kier alpha value is -2.08. The van der Waals surface area contributed by atoms with Crippen molar-refractivity contribution in [2.45, 2.75) is 6.61 Å². The van der Waals surface area contributed by atoms with Crippen LogP contribution in [0.1, 0.15) is 16.1 Å². The Bertz CT molecular complexity index is 895. The molecule has 0 radical (unpaired) electrons. The summed E-state index contributed by atoms with van der Waals surface area (Å²) in [6.07, 6.45) is 0. The molecular formula is C17H11Cl2NO3S. The summed E-state index contributed by atoms with van der Waals surface area (Å²) in [4.78, 5) is 15.1. The molecule has 0 saturated heterocycles. The van der Waals surface area contributed by atoms with E-state index in [4.69, 9.17) is 33.0 Å². The quantitative estimate of drug-likeness (QED) is 0.644. The number of carboxylic acid groups (broad SMARTS) is 1. The topological polar surface area (TPSA) is 59.4 Å². The maximum absolute atomic E-state index is 11.0. The molecule has 1 N–H and O–H groups in total. The van der Waals surface area contributed by atoms with E-state index >= 15 is 0 Å². The normalized spacial score (nSPS) is 10.6. The second-order valence-corrected chi connectivity index (χ2v) is 6.63. The monoisotopic (exact) mass is 379 g/mol. The largest absolute Gasteiger partial charge is 0.488 e. The van der Waals surface area contributed by atoms with Crippen molar-refractivity contribution < 1.29 is 14.6 Å². The van der Waals surface area contributed by atoms with Crippen LogP contribution in [0.5, 0.6) is 5.75 Å². The van der Waals surface area contributed by atoms with Gasteiger partial charge in [-0.05, 0) is 35.9 Å². The first-order valence-electron chi connectivity index (χ1n) is 6.89. The van der Waals surface area contributed by atoms with Crippen molar-refractivity contribution in [1.29, 1.82) is 0 Å². The van der Waals surface area contributed by atoms with Crippen molar-refractivity contribution in [3.05, 3.63) is 69.1 Å². The molecule has 0 atom stereocenters. The smallest absolute Gasteiger partial charge is 0.355 e. The molecule has 0 aliphatic rings. The number of carboxylic acids is 1. The summed E-state index contributed by atoms with van der Waals surface area (Å²) in [6, 6.07) is 12.5. The van der Waals surface area contributed by atoms with E-state index in [0.29, 0.717) is 33.0 Å². The lowest BCUT2D eigenvalue weighted by Crippen LogP contribution is -1.98. The molecule has 1 heterocycles. The van der Waals surface area contributed by atoms with Crippen molar-refractivity contribution in [2.75, 3.05) is 0 Å². The molecule has 0 spiro atoms. The molecule has 3 rings (SSSR count). The highest BCUT2D eigenvalue weighted by molar-refractivity contribution is 7.13. The van der Waals surface area contributed by atoms with Gasteiger partial charge in [-0.3, -0.25) is 0 Å². The molecule has 3 aromatic rings. The Labute approximate surface area is 152 Å². The molecule has 0 unspecified atom stereocenters. The summed E-state index contributed by atoms with van der Waals surface area (Å²) in [5.41, 5.74) is 1.58. The summed E-state index contributed by atoms with van der Waals surface area (Å²) >= 11 is 13.3. The zero-order valence-electron chi connectivity index (χ0n) is 12.2. The molecule has 0 aliphatic carbocycles. The third-order valence-electron chi connectivity index (χ3n) is 3.18. The van der Waals surface area contributed by atoms with Gasteiger partial charge in [-0.15, -0.1) is 11.3 Å². The van der Waals surface area contributed by atoms with Crippen LogP contribution >= 0.6 is 34.5 Å². The Morgan fingerprint density at radius 2 is 1.96 bits per heavy atom. The minimum Gasteiger partial charge on any atom is -0.488 e. The number of benzene rings is 2. The summed E-state index contributed by atoms with van der Waals surface area (Å²) in [6.45, 7) is 0.326. The molecule has 24 heavy (non-hydrogen) atoms. The van der Waals surface area contributed by atoms with Crippen LogP contribution < -0.4 is 4.74 Å². The van der Waals surface area contributed by atoms with Crippen LogP contribution in [0, 0.1) is 0 Å². The highest BCUT2D eigenvalue weighted by atomic mass is 35.5. The van der Waals surface area contributed by atoms with Crippen molar-refractivity contribution >= 4 is 40.5 Å². The van der Waals surface area contributed by atoms with E-state index in [2.05, 4.69) is 4.98 Å². The minimum absolute atomic E-state index is 0.00392. The number of aromatic nitrogens is 1. The average Bonchev–Trinajstić information content (AvgIpc) is 3.04. The molecular weight excluding hydrogens is 369 g/mol. The van der Waals surface area contributed by atoms with E-state index in [1.54, 1.807) is 24.3 Å². The maximum atomic E-state index is 11.0. The highest BCUT2D eigenvalue weighted by Gasteiger charge is 2.15. The van der Waals surface area contributed by atoms with Gasteiger partial charge >= 0.3 is 5.97 Å². The van der Waals surface area contributed by atoms with Crippen LogP contribution in [0.25, 0.3) is 10.6 Å². The lowest BCUT2D eigenvalue weighted by molar-refractivity contribution is 0.0691. The van der Waals surface area contributed by atoms with Gasteiger partial charge in [0.05, 0.1) is 5.56 Å². The number of aromatic carboxylic acids is 1. The van der Waals surface area contributed by atoms with E-state index in [1.165, 1.54) is 16.7 Å². The predicted molar refractivity (Wildman–Crippen MR) is 95.3 cm³/mol. The van der Waals surface area contributed by atoms with Gasteiger partial charge in [0.1, 0.15) is 17.4 Å². The number of carbonyl (C=O) groups is 1. The Morgan fingerprint density at radius 1 is 1.17 bits per heavy atom. The first-order valence-corrected chi connectivity index (χ1v) is 8.52. The van der Waals surface area contributed by atoms with Gasteiger partial charge in [0.25, 0.3) is 0 Å². The number of halogens is 2. The van der Waals surface area contributed by atoms with Gasteiger partial charge in [0.15, 0.2) is 5.69 Å². The number of hydrogen-bond acceptors (Lipinski definition) is 4. The first kappa shape index (κ1) is 16.8. The summed E-state index contributed by atoms with van der Waals surface area (Å²) < 4.78 is 5.86. The van der Waals surface area contributed by atoms with Crippen LogP contribution in [0.4, 0.5) is 0 Å². The van der Waals surface area contributed by atoms with Crippen LogP contribution in [0.3, 0.4) is 0 Å². The van der Waals surface area contributed by atoms with Crippen LogP contribution in [0.2, 0.25) is 10.0 Å². The predicted octanol–water partition coefficient (Wildman–Crippen LogP) is 5.39. The summed E-state index contributed by atoms with van der Waals surface area (Å²) in [5.74, 6) is -0.494. The van der Waals surface area contributed by atoms with Crippen molar-refractivity contribution in [3.8, 4) is 16.3 Å². The Kier molecular flexibility index (Phi) is 5.04. The zero-order valence-corrected chi connectivity index (χ0v) is 14.5. The minimum atomic E-state index is -1.07. The van der Waals surface area contributed by atoms with Crippen LogP contribution in [-0.2, 0) is 6.61 Å². The van der Waals surface area contributed by atoms with Gasteiger partial charge in [-0.1, -0.05) is 35.3 Å². The first-order chi connectivity index (χ1) is 11.5. The zero-order chi connectivity index (χ0) is 17.1. The van der Waals surface area contributed by atoms with Gasteiger partial charge in [0, 0.05) is 15.4 Å². The van der Waals surface area contributed by atoms with Gasteiger partial charge in [-0.25, -0.2) is 9.78 Å². The molecule has 0 bridgehead atoms. The lowest BCUT2D eigenvalue weighted by atomic mass is 10.2. The molecule has 4 nitrogen and oxygen atoms in total. The second kappa shape index (κ2) is 7.21. The van der Waals surface area contributed by atoms with Gasteiger partial charge < -0.3 is 9.84 Å². The summed E-state index contributed by atoms with van der Waals surface area (Å²) in [5, 5.41) is 12.2. The fourth-order valence-electron chi connectivity index (χ4n) is 2.08. The fourth-order valence-corrected chi connectivity index (χ4v) is 3.28. The van der Waals surface area contributed by atoms with E-state index in [1.807, 2.05) is 18.2 Å². The molecule has 0 fully saturated rings. The molecule has 0 amide bonds. The third-order valence-corrected chi connectivity index (χ3v) is 4.52. The van der Waals surface area contributed by atoms with E-state index < -0.39 is 5.97 Å². The second-order valence-electron chi connectivity index (χ2n) is 4.90. The number of ether oxygens (including phenoxy) is 1. The van der Waals surface area contributed by atoms with E-state index in [9.17, 15) is 4.79 Å². The van der Waals surface area contributed by atoms with Crippen LogP contribution in [-0.4, -0.2) is 16.1 Å². The molecule has 0 saturated carbocycles. The standard InChI is InChI=1S/C17H11Cl2NO3S/c18-11-3-1-2-10(6-11)8-23-15-5-4-12(19)7-13(15)16-20-14(9-24-16)17(21)22/h1-7,9H,8H2,(H,21,22). The molecule has 1 aromatic heterocycles. The van der Waals surface area contributed by atoms with Crippen molar-refractivity contribution in [3.63, 3.8) is 0 Å². The Morgan fingerprint density at radius 3 is 2.67 bits per heavy atom. The number of thiazole rings is 1. The van der Waals surface area contributed by atoms with Crippen LogP contribution in [0.15, 0.2) is 47.8 Å². The number of nitrogens with zero attached hydrogens (tertiary/aromatic N) is 1. The molecule has 0 aliphatic heterocycles. The van der Waals surface area contributed by atoms with Crippen molar-refractivity contribution in [2.24, 2.45) is 0 Å². The van der Waals surface area contributed by atoms with Gasteiger partial charge in [-0.2, -0.15) is 0 Å². The highest BCUT2D eigenvalue weighted by Crippen LogP contribution is 2.35. The molecule has 2 aromatic carbocycles. The van der Waals surface area contributed by atoms with Gasteiger partial charge in [0.2, 0.25) is 0 Å². The molecule has 7 heteroatoms. The fraction of sp³-hybridized carbons (Fsp3) is 0.0588. The number of hydrogen-bond donors (Lipinski definition) is 1. The lowest BCUT2D eigenvalue weighted by Gasteiger charge is -2.11. The van der Waals surface area contributed by atoms with Crippen molar-refractivity contribution in [1.82, 2.24) is 4.98 Å². The maximum Gasteiger partial charge on any atom is 0.355 e. The Balaban J connectivity index is 1.89. The average molecular weight is 380 g/mol. The van der Waals surface area contributed by atoms with E-state index in [0.717, 1.165) is 5.56 Å².